The molecular formula is C21H31IN6O. The van der Waals surface area contributed by atoms with Crippen molar-refractivity contribution in [3.8, 4) is 0 Å². The standard InChI is InChI=1S/C21H30N6O.HI/c1-4-17-16(20(5-2)28-26-17)14-24-21(22-6-3)23-12-9-13-27-15-25-18-10-7-8-11-19(18)27;/h7-8,10-11,15H,4-6,9,12-14H2,1-3H3,(H2,22,23,24);1H. The molecule has 0 fully saturated rings. The summed E-state index contributed by atoms with van der Waals surface area (Å²) in [6.45, 7) is 9.40. The second-order valence-corrected chi connectivity index (χ2v) is 6.64. The van der Waals surface area contributed by atoms with E-state index in [4.69, 9.17) is 9.52 Å². The van der Waals surface area contributed by atoms with Crippen LogP contribution in [0.2, 0.25) is 0 Å². The molecule has 29 heavy (non-hydrogen) atoms. The number of halogens is 1. The summed E-state index contributed by atoms with van der Waals surface area (Å²) in [6.07, 6.45) is 4.59. The Bertz CT molecular complexity index is 895. The topological polar surface area (TPSA) is 80.3 Å². The molecule has 0 saturated carbocycles. The first-order valence-corrected chi connectivity index (χ1v) is 10.1. The molecule has 2 N–H and O–H groups in total. The third-order valence-electron chi connectivity index (χ3n) is 4.74. The summed E-state index contributed by atoms with van der Waals surface area (Å²) in [5, 5.41) is 10.9. The van der Waals surface area contributed by atoms with Crippen LogP contribution in [0.5, 0.6) is 0 Å². The number of aryl methyl sites for hydroxylation is 3. The van der Waals surface area contributed by atoms with E-state index in [0.29, 0.717) is 6.54 Å². The van der Waals surface area contributed by atoms with E-state index in [-0.39, 0.29) is 24.0 Å². The minimum Gasteiger partial charge on any atom is -0.361 e. The molecule has 0 aliphatic heterocycles. The Morgan fingerprint density at radius 3 is 2.72 bits per heavy atom. The average molecular weight is 510 g/mol. The lowest BCUT2D eigenvalue weighted by molar-refractivity contribution is 0.380. The molecule has 2 heterocycles. The zero-order valence-electron chi connectivity index (χ0n) is 17.4. The number of nitrogens with zero attached hydrogens (tertiary/aromatic N) is 4. The summed E-state index contributed by atoms with van der Waals surface area (Å²) in [5.41, 5.74) is 4.34. The predicted molar refractivity (Wildman–Crippen MR) is 128 cm³/mol. The maximum atomic E-state index is 5.43. The van der Waals surface area contributed by atoms with Crippen molar-refractivity contribution in [3.05, 3.63) is 47.6 Å². The molecule has 0 spiro atoms. The van der Waals surface area contributed by atoms with Crippen LogP contribution in [0.25, 0.3) is 11.0 Å². The van der Waals surface area contributed by atoms with Gasteiger partial charge in [-0.2, -0.15) is 0 Å². The van der Waals surface area contributed by atoms with Gasteiger partial charge in [-0.3, -0.25) is 0 Å². The lowest BCUT2D eigenvalue weighted by Crippen LogP contribution is -2.38. The number of guanidine groups is 1. The van der Waals surface area contributed by atoms with E-state index >= 15 is 0 Å². The van der Waals surface area contributed by atoms with E-state index in [2.05, 4.69) is 58.2 Å². The van der Waals surface area contributed by atoms with Gasteiger partial charge in [-0.05, 0) is 31.9 Å². The summed E-state index contributed by atoms with van der Waals surface area (Å²) >= 11 is 0. The Hall–Kier alpha value is -2.10. The molecule has 0 aliphatic carbocycles. The lowest BCUT2D eigenvalue weighted by atomic mass is 10.1. The van der Waals surface area contributed by atoms with E-state index < -0.39 is 0 Å². The minimum atomic E-state index is 0. The Kier molecular flexibility index (Phi) is 9.43. The summed E-state index contributed by atoms with van der Waals surface area (Å²) in [6, 6.07) is 8.22. The Morgan fingerprint density at radius 1 is 1.14 bits per heavy atom. The lowest BCUT2D eigenvalue weighted by Gasteiger charge is -2.12. The van der Waals surface area contributed by atoms with Crippen molar-refractivity contribution < 1.29 is 4.52 Å². The minimum absolute atomic E-state index is 0. The number of rotatable bonds is 9. The van der Waals surface area contributed by atoms with E-state index in [1.165, 1.54) is 5.52 Å². The molecule has 0 atom stereocenters. The monoisotopic (exact) mass is 510 g/mol. The second kappa shape index (κ2) is 11.8. The molecule has 0 amide bonds. The molecule has 0 radical (unpaired) electrons. The fourth-order valence-corrected chi connectivity index (χ4v) is 3.26. The molecule has 2 aromatic heterocycles. The fourth-order valence-electron chi connectivity index (χ4n) is 3.26. The van der Waals surface area contributed by atoms with Crippen LogP contribution in [0, 0.1) is 0 Å². The van der Waals surface area contributed by atoms with Crippen molar-refractivity contribution in [1.29, 1.82) is 0 Å². The van der Waals surface area contributed by atoms with Crippen LogP contribution in [0.3, 0.4) is 0 Å². The van der Waals surface area contributed by atoms with E-state index in [9.17, 15) is 0 Å². The summed E-state index contributed by atoms with van der Waals surface area (Å²) in [5.74, 6) is 1.76. The summed E-state index contributed by atoms with van der Waals surface area (Å²) in [4.78, 5) is 9.18. The highest BCUT2D eigenvalue weighted by molar-refractivity contribution is 14.0. The van der Waals surface area contributed by atoms with Crippen molar-refractivity contribution in [2.45, 2.75) is 53.1 Å². The largest absolute Gasteiger partial charge is 0.361 e. The third kappa shape index (κ3) is 5.94. The average Bonchev–Trinajstić information content (AvgIpc) is 3.32. The normalized spacial score (nSPS) is 11.5. The van der Waals surface area contributed by atoms with Crippen LogP contribution in [0.1, 0.15) is 44.2 Å². The molecule has 3 rings (SSSR count). The van der Waals surface area contributed by atoms with Crippen molar-refractivity contribution in [2.24, 2.45) is 4.99 Å². The van der Waals surface area contributed by atoms with Gasteiger partial charge in [0.1, 0.15) is 5.76 Å². The van der Waals surface area contributed by atoms with Crippen molar-refractivity contribution in [2.75, 3.05) is 13.1 Å². The number of aromatic nitrogens is 3. The van der Waals surface area contributed by atoms with Crippen LogP contribution >= 0.6 is 24.0 Å². The van der Waals surface area contributed by atoms with E-state index in [1.807, 2.05) is 18.5 Å². The first-order chi connectivity index (χ1) is 13.8. The number of aliphatic imine (C=N–C) groups is 1. The predicted octanol–water partition coefficient (Wildman–Crippen LogP) is 3.91. The molecule has 3 aromatic rings. The van der Waals surface area contributed by atoms with Gasteiger partial charge in [-0.15, -0.1) is 24.0 Å². The maximum Gasteiger partial charge on any atom is 0.191 e. The molecule has 8 heteroatoms. The Morgan fingerprint density at radius 2 is 1.97 bits per heavy atom. The van der Waals surface area contributed by atoms with Crippen molar-refractivity contribution >= 4 is 41.0 Å². The maximum absolute atomic E-state index is 5.43. The van der Waals surface area contributed by atoms with Crippen LogP contribution in [0.4, 0.5) is 0 Å². The third-order valence-corrected chi connectivity index (χ3v) is 4.74. The number of hydrogen-bond donors (Lipinski definition) is 2. The molecule has 0 aliphatic rings. The molecule has 0 saturated heterocycles. The molecular weight excluding hydrogens is 479 g/mol. The van der Waals surface area contributed by atoms with Crippen LogP contribution in [-0.4, -0.2) is 33.8 Å². The Labute approximate surface area is 189 Å². The van der Waals surface area contributed by atoms with Gasteiger partial charge >= 0.3 is 0 Å². The van der Waals surface area contributed by atoms with Gasteiger partial charge in [-0.25, -0.2) is 9.98 Å². The van der Waals surface area contributed by atoms with Crippen molar-refractivity contribution in [1.82, 2.24) is 25.3 Å². The number of benzene rings is 1. The van der Waals surface area contributed by atoms with E-state index in [0.717, 1.165) is 67.4 Å². The quantitative estimate of drug-likeness (QED) is 0.198. The van der Waals surface area contributed by atoms with Crippen molar-refractivity contribution in [3.63, 3.8) is 0 Å². The first-order valence-electron chi connectivity index (χ1n) is 10.1. The molecule has 0 bridgehead atoms. The van der Waals surface area contributed by atoms with Gasteiger partial charge in [-0.1, -0.05) is 31.1 Å². The zero-order valence-corrected chi connectivity index (χ0v) is 19.8. The summed E-state index contributed by atoms with van der Waals surface area (Å²) < 4.78 is 7.63. The van der Waals surface area contributed by atoms with Gasteiger partial charge < -0.3 is 19.7 Å². The molecule has 158 valence electrons. The zero-order chi connectivity index (χ0) is 19.8. The van der Waals surface area contributed by atoms with Crippen LogP contribution in [-0.2, 0) is 25.9 Å². The highest BCUT2D eigenvalue weighted by atomic mass is 127. The molecule has 1 aromatic carbocycles. The highest BCUT2D eigenvalue weighted by Gasteiger charge is 2.13. The van der Waals surface area contributed by atoms with Gasteiger partial charge in [0, 0.05) is 31.6 Å². The first kappa shape index (κ1) is 23.2. The number of imidazole rings is 1. The second-order valence-electron chi connectivity index (χ2n) is 6.64. The number of fused-ring (bicyclic) bond motifs is 1. The Balaban J connectivity index is 0.00000300. The number of nitrogens with one attached hydrogen (secondary N) is 2. The smallest absolute Gasteiger partial charge is 0.191 e. The summed E-state index contributed by atoms with van der Waals surface area (Å²) in [7, 11) is 0. The molecule has 7 nitrogen and oxygen atoms in total. The van der Waals surface area contributed by atoms with Gasteiger partial charge in [0.05, 0.1) is 29.6 Å². The van der Waals surface area contributed by atoms with Crippen LogP contribution in [0.15, 0.2) is 40.1 Å². The number of hydrogen-bond acceptors (Lipinski definition) is 4. The van der Waals surface area contributed by atoms with Crippen LogP contribution < -0.4 is 10.6 Å². The van der Waals surface area contributed by atoms with Gasteiger partial charge in [0.15, 0.2) is 5.96 Å². The number of para-hydroxylation sites is 2. The van der Waals surface area contributed by atoms with E-state index in [1.54, 1.807) is 0 Å². The van der Waals surface area contributed by atoms with Gasteiger partial charge in [0.25, 0.3) is 0 Å². The molecule has 0 unspecified atom stereocenters. The highest BCUT2D eigenvalue weighted by Crippen LogP contribution is 2.16. The van der Waals surface area contributed by atoms with Gasteiger partial charge in [0.2, 0.25) is 0 Å². The SMILES string of the molecule is CCNC(=NCc1c(CC)noc1CC)NCCCn1cnc2ccccc21.I. The fraction of sp³-hybridized carbons (Fsp3) is 0.476.